The third-order valence-electron chi connectivity index (χ3n) is 4.69. The number of ether oxygens (including phenoxy) is 2. The van der Waals surface area contributed by atoms with Crippen molar-refractivity contribution in [3.63, 3.8) is 0 Å². The summed E-state index contributed by atoms with van der Waals surface area (Å²) < 4.78 is 11.3. The molecule has 2 N–H and O–H groups in total. The summed E-state index contributed by atoms with van der Waals surface area (Å²) in [5.41, 5.74) is 7.07. The molecule has 1 heterocycles. The number of cyclic esters (lactones) is 1. The Morgan fingerprint density at radius 2 is 1.96 bits per heavy atom. The van der Waals surface area contributed by atoms with Crippen molar-refractivity contribution in [3.05, 3.63) is 35.9 Å². The smallest absolute Gasteiger partial charge is 0.323 e. The highest BCUT2D eigenvalue weighted by molar-refractivity contribution is 5.75. The molecule has 138 valence electrons. The molecule has 0 bridgehead atoms. The van der Waals surface area contributed by atoms with Crippen molar-refractivity contribution in [2.24, 2.45) is 17.6 Å². The van der Waals surface area contributed by atoms with Gasteiger partial charge in [0.15, 0.2) is 0 Å². The zero-order valence-corrected chi connectivity index (χ0v) is 15.3. The van der Waals surface area contributed by atoms with Gasteiger partial charge < -0.3 is 15.2 Å². The lowest BCUT2D eigenvalue weighted by Gasteiger charge is -2.31. The molecule has 1 aromatic rings. The molecule has 0 saturated carbocycles. The summed E-state index contributed by atoms with van der Waals surface area (Å²) in [5, 5.41) is 0. The Balaban J connectivity index is 2.24. The summed E-state index contributed by atoms with van der Waals surface area (Å²) in [6, 6.07) is 9.50. The summed E-state index contributed by atoms with van der Waals surface area (Å²) in [4.78, 5) is 24.3. The Bertz CT molecular complexity index is 572. The predicted molar refractivity (Wildman–Crippen MR) is 95.7 cm³/mol. The summed E-state index contributed by atoms with van der Waals surface area (Å²) >= 11 is 0. The molecule has 0 aromatic heterocycles. The standard InChI is InChI=1S/C20H29NO4/c1-13(2)19(22)25-18-14(3)24-20(23)17(21)11-7-10-16(18)12-15-8-5-4-6-9-15/h4-6,8-9,13-14,16-18H,7,10-12,21H2,1-3H3/t14-,16+,17-,18-/m0/s1. The Hall–Kier alpha value is -1.88. The van der Waals surface area contributed by atoms with E-state index < -0.39 is 24.2 Å². The second-order valence-corrected chi connectivity index (χ2v) is 7.19. The summed E-state index contributed by atoms with van der Waals surface area (Å²) in [6.07, 6.45) is 2.00. The molecule has 0 unspecified atom stereocenters. The summed E-state index contributed by atoms with van der Waals surface area (Å²) in [6.45, 7) is 5.39. The molecule has 0 aliphatic carbocycles. The molecule has 2 rings (SSSR count). The minimum Gasteiger partial charge on any atom is -0.458 e. The van der Waals surface area contributed by atoms with Gasteiger partial charge in [-0.2, -0.15) is 0 Å². The minimum absolute atomic E-state index is 0.0817. The van der Waals surface area contributed by atoms with Crippen LogP contribution in [0.3, 0.4) is 0 Å². The van der Waals surface area contributed by atoms with Crippen molar-refractivity contribution in [2.45, 2.75) is 64.7 Å². The van der Waals surface area contributed by atoms with Crippen molar-refractivity contribution in [2.75, 3.05) is 0 Å². The van der Waals surface area contributed by atoms with Gasteiger partial charge >= 0.3 is 11.9 Å². The highest BCUT2D eigenvalue weighted by Crippen LogP contribution is 2.27. The van der Waals surface area contributed by atoms with Crippen molar-refractivity contribution in [1.29, 1.82) is 0 Å². The molecule has 1 aliphatic rings. The maximum atomic E-state index is 12.2. The first-order chi connectivity index (χ1) is 11.9. The Morgan fingerprint density at radius 3 is 2.60 bits per heavy atom. The van der Waals surface area contributed by atoms with Gasteiger partial charge in [-0.05, 0) is 31.7 Å². The first kappa shape index (κ1) is 19.4. The number of hydrogen-bond acceptors (Lipinski definition) is 5. The van der Waals surface area contributed by atoms with Gasteiger partial charge in [0.05, 0.1) is 5.92 Å². The van der Waals surface area contributed by atoms with Crippen molar-refractivity contribution in [1.82, 2.24) is 0 Å². The first-order valence-corrected chi connectivity index (χ1v) is 9.09. The predicted octanol–water partition coefficient (Wildman–Crippen LogP) is 2.86. The Kier molecular flexibility index (Phi) is 7.00. The largest absolute Gasteiger partial charge is 0.458 e. The van der Waals surface area contributed by atoms with Gasteiger partial charge in [0.2, 0.25) is 0 Å². The average molecular weight is 347 g/mol. The molecule has 0 spiro atoms. The maximum absolute atomic E-state index is 12.2. The number of carbonyl (C=O) groups excluding carboxylic acids is 2. The van der Waals surface area contributed by atoms with Gasteiger partial charge in [-0.1, -0.05) is 50.6 Å². The topological polar surface area (TPSA) is 78.6 Å². The van der Waals surface area contributed by atoms with Crippen LogP contribution in [0.2, 0.25) is 0 Å². The normalized spacial score (nSPS) is 27.8. The lowest BCUT2D eigenvalue weighted by Crippen LogP contribution is -2.42. The van der Waals surface area contributed by atoms with Crippen LogP contribution in [-0.4, -0.2) is 30.2 Å². The molecule has 1 saturated heterocycles. The van der Waals surface area contributed by atoms with Crippen molar-refractivity contribution in [3.8, 4) is 0 Å². The van der Waals surface area contributed by atoms with Crippen LogP contribution < -0.4 is 5.73 Å². The van der Waals surface area contributed by atoms with E-state index in [0.29, 0.717) is 6.42 Å². The van der Waals surface area contributed by atoms with Gasteiger partial charge in [-0.15, -0.1) is 0 Å². The van der Waals surface area contributed by atoms with Crippen LogP contribution in [0.15, 0.2) is 30.3 Å². The number of benzene rings is 1. The fraction of sp³-hybridized carbons (Fsp3) is 0.600. The van der Waals surface area contributed by atoms with E-state index in [2.05, 4.69) is 12.1 Å². The number of hydrogen-bond donors (Lipinski definition) is 1. The van der Waals surface area contributed by atoms with E-state index in [9.17, 15) is 9.59 Å². The molecule has 1 aromatic carbocycles. The van der Waals surface area contributed by atoms with Gasteiger partial charge in [0.25, 0.3) is 0 Å². The quantitative estimate of drug-likeness (QED) is 0.847. The number of nitrogens with two attached hydrogens (primary N) is 1. The van der Waals surface area contributed by atoms with Crippen LogP contribution in [0.1, 0.15) is 45.6 Å². The Labute approximate surface area is 149 Å². The van der Waals surface area contributed by atoms with Crippen molar-refractivity contribution >= 4 is 11.9 Å². The van der Waals surface area contributed by atoms with E-state index in [4.69, 9.17) is 15.2 Å². The number of rotatable bonds is 4. The van der Waals surface area contributed by atoms with Crippen LogP contribution in [0, 0.1) is 11.8 Å². The molecule has 1 fully saturated rings. The highest BCUT2D eigenvalue weighted by atomic mass is 16.6. The van der Waals surface area contributed by atoms with E-state index in [1.807, 2.05) is 18.2 Å². The molecule has 5 nitrogen and oxygen atoms in total. The van der Waals surface area contributed by atoms with Crippen molar-refractivity contribution < 1.29 is 19.1 Å². The molecule has 0 radical (unpaired) electrons. The van der Waals surface area contributed by atoms with Gasteiger partial charge in [0.1, 0.15) is 18.2 Å². The van der Waals surface area contributed by atoms with Gasteiger partial charge in [-0.25, -0.2) is 0 Å². The third kappa shape index (κ3) is 5.56. The van der Waals surface area contributed by atoms with E-state index in [-0.39, 0.29) is 17.8 Å². The van der Waals surface area contributed by atoms with E-state index >= 15 is 0 Å². The monoisotopic (exact) mass is 347 g/mol. The maximum Gasteiger partial charge on any atom is 0.323 e. The van der Waals surface area contributed by atoms with Crippen LogP contribution in [-0.2, 0) is 25.5 Å². The molecule has 0 amide bonds. The first-order valence-electron chi connectivity index (χ1n) is 9.09. The van der Waals surface area contributed by atoms with Gasteiger partial charge in [-0.3, -0.25) is 9.59 Å². The molecule has 5 heteroatoms. The number of carbonyl (C=O) groups is 2. The van der Waals surface area contributed by atoms with Gasteiger partial charge in [0, 0.05) is 5.92 Å². The lowest BCUT2D eigenvalue weighted by molar-refractivity contribution is -0.173. The SMILES string of the molecule is CC(C)C(=O)O[C@@H]1[C@@H](Cc2ccccc2)CCC[C@H](N)C(=O)O[C@H]1C. The highest BCUT2D eigenvalue weighted by Gasteiger charge is 2.35. The second kappa shape index (κ2) is 8.99. The van der Waals surface area contributed by atoms with Crippen LogP contribution in [0.4, 0.5) is 0 Å². The molecule has 1 aliphatic heterocycles. The fourth-order valence-electron chi connectivity index (χ4n) is 3.20. The molecule has 25 heavy (non-hydrogen) atoms. The molecular weight excluding hydrogens is 318 g/mol. The zero-order chi connectivity index (χ0) is 18.4. The molecular formula is C20H29NO4. The van der Waals surface area contributed by atoms with E-state index in [1.54, 1.807) is 20.8 Å². The number of esters is 2. The average Bonchev–Trinajstić information content (AvgIpc) is 2.62. The minimum atomic E-state index is -0.612. The molecule has 4 atom stereocenters. The summed E-state index contributed by atoms with van der Waals surface area (Å²) in [7, 11) is 0. The fourth-order valence-corrected chi connectivity index (χ4v) is 3.20. The van der Waals surface area contributed by atoms with Crippen LogP contribution in [0.25, 0.3) is 0 Å². The lowest BCUT2D eigenvalue weighted by atomic mass is 9.87. The second-order valence-electron chi connectivity index (χ2n) is 7.19. The zero-order valence-electron chi connectivity index (χ0n) is 15.3. The Morgan fingerprint density at radius 1 is 1.28 bits per heavy atom. The van der Waals surface area contributed by atoms with E-state index in [0.717, 1.165) is 19.3 Å². The van der Waals surface area contributed by atoms with Crippen LogP contribution >= 0.6 is 0 Å². The summed E-state index contributed by atoms with van der Waals surface area (Å²) in [5.74, 6) is -0.832. The van der Waals surface area contributed by atoms with E-state index in [1.165, 1.54) is 5.56 Å². The third-order valence-corrected chi connectivity index (χ3v) is 4.69. The van der Waals surface area contributed by atoms with Crippen LogP contribution in [0.5, 0.6) is 0 Å².